The highest BCUT2D eigenvalue weighted by Crippen LogP contribution is 2.17. The Balaban J connectivity index is 1.85. The molecule has 0 saturated carbocycles. The maximum Gasteiger partial charge on any atom is 0.119 e. The Morgan fingerprint density at radius 1 is 0.962 bits per heavy atom. The maximum atomic E-state index is 10.4. The summed E-state index contributed by atoms with van der Waals surface area (Å²) in [6.45, 7) is 4.98. The Hall–Kier alpha value is -2.08. The van der Waals surface area contributed by atoms with Crippen molar-refractivity contribution in [2.75, 3.05) is 40.5 Å². The summed E-state index contributed by atoms with van der Waals surface area (Å²) in [4.78, 5) is 2.18. The number of rotatable bonds is 11. The third kappa shape index (κ3) is 7.04. The van der Waals surface area contributed by atoms with Crippen molar-refractivity contribution in [3.8, 4) is 11.5 Å². The molecule has 0 amide bonds. The molecule has 0 bridgehead atoms. The van der Waals surface area contributed by atoms with Gasteiger partial charge in [-0.1, -0.05) is 29.8 Å². The summed E-state index contributed by atoms with van der Waals surface area (Å²) in [5, 5.41) is 10.4. The van der Waals surface area contributed by atoms with Gasteiger partial charge in [0.05, 0.1) is 13.7 Å². The summed E-state index contributed by atoms with van der Waals surface area (Å²) in [7, 11) is 3.32. The van der Waals surface area contributed by atoms with Crippen LogP contribution in [0.4, 0.5) is 0 Å². The highest BCUT2D eigenvalue weighted by Gasteiger charge is 2.13. The molecule has 2 aromatic rings. The number of aryl methyl sites for hydroxylation is 1. The average molecular weight is 359 g/mol. The highest BCUT2D eigenvalue weighted by molar-refractivity contribution is 5.31. The lowest BCUT2D eigenvalue weighted by Gasteiger charge is -2.25. The predicted molar refractivity (Wildman–Crippen MR) is 103 cm³/mol. The zero-order chi connectivity index (χ0) is 18.8. The first kappa shape index (κ1) is 20.2. The van der Waals surface area contributed by atoms with E-state index >= 15 is 0 Å². The summed E-state index contributed by atoms with van der Waals surface area (Å²) < 4.78 is 16.0. The number of benzene rings is 2. The third-order valence-corrected chi connectivity index (χ3v) is 4.11. The van der Waals surface area contributed by atoms with Gasteiger partial charge in [-0.05, 0) is 36.8 Å². The van der Waals surface area contributed by atoms with Crippen molar-refractivity contribution in [2.45, 2.75) is 19.6 Å². The van der Waals surface area contributed by atoms with E-state index in [1.807, 2.05) is 24.3 Å². The number of methoxy groups -OCH3 is 2. The van der Waals surface area contributed by atoms with E-state index in [9.17, 15) is 5.11 Å². The molecule has 26 heavy (non-hydrogen) atoms. The first-order valence-electron chi connectivity index (χ1n) is 8.82. The van der Waals surface area contributed by atoms with E-state index in [2.05, 4.69) is 36.1 Å². The van der Waals surface area contributed by atoms with Crippen molar-refractivity contribution in [2.24, 2.45) is 0 Å². The fourth-order valence-corrected chi connectivity index (χ4v) is 2.62. The van der Waals surface area contributed by atoms with Gasteiger partial charge in [-0.3, -0.25) is 4.90 Å². The average Bonchev–Trinajstić information content (AvgIpc) is 2.66. The molecule has 0 spiro atoms. The molecule has 1 unspecified atom stereocenters. The molecule has 0 aliphatic rings. The maximum absolute atomic E-state index is 10.4. The van der Waals surface area contributed by atoms with Crippen LogP contribution >= 0.6 is 0 Å². The van der Waals surface area contributed by atoms with E-state index in [1.165, 1.54) is 11.1 Å². The first-order chi connectivity index (χ1) is 12.6. The molecule has 5 heteroatoms. The Kier molecular flexibility index (Phi) is 8.41. The fourth-order valence-electron chi connectivity index (χ4n) is 2.62. The Labute approximate surface area is 156 Å². The van der Waals surface area contributed by atoms with Gasteiger partial charge in [0.2, 0.25) is 0 Å². The van der Waals surface area contributed by atoms with Crippen LogP contribution in [0.2, 0.25) is 0 Å². The highest BCUT2D eigenvalue weighted by atomic mass is 16.5. The molecule has 2 rings (SSSR count). The van der Waals surface area contributed by atoms with Gasteiger partial charge < -0.3 is 19.3 Å². The normalized spacial score (nSPS) is 12.2. The summed E-state index contributed by atoms with van der Waals surface area (Å²) in [6, 6.07) is 15.8. The minimum Gasteiger partial charge on any atom is -0.497 e. The fraction of sp³-hybridized carbons (Fsp3) is 0.429. The molecule has 142 valence electrons. The van der Waals surface area contributed by atoms with Gasteiger partial charge in [0.25, 0.3) is 0 Å². The Morgan fingerprint density at radius 2 is 1.62 bits per heavy atom. The van der Waals surface area contributed by atoms with Gasteiger partial charge in [-0.15, -0.1) is 0 Å². The van der Waals surface area contributed by atoms with Crippen LogP contribution in [0.1, 0.15) is 11.1 Å². The van der Waals surface area contributed by atoms with Gasteiger partial charge in [-0.25, -0.2) is 0 Å². The van der Waals surface area contributed by atoms with E-state index in [0.717, 1.165) is 18.8 Å². The van der Waals surface area contributed by atoms with Crippen molar-refractivity contribution < 1.29 is 19.3 Å². The number of hydrogen-bond acceptors (Lipinski definition) is 5. The van der Waals surface area contributed by atoms with Crippen LogP contribution in [-0.2, 0) is 11.3 Å². The molecular formula is C21H29NO4. The molecule has 0 radical (unpaired) electrons. The minimum atomic E-state index is -0.584. The molecular weight excluding hydrogens is 330 g/mol. The lowest BCUT2D eigenvalue weighted by molar-refractivity contribution is 0.0542. The summed E-state index contributed by atoms with van der Waals surface area (Å²) in [6.07, 6.45) is -0.584. The summed E-state index contributed by atoms with van der Waals surface area (Å²) in [5.74, 6) is 1.49. The molecule has 0 aromatic heterocycles. The second-order valence-corrected chi connectivity index (χ2v) is 6.35. The third-order valence-electron chi connectivity index (χ3n) is 4.11. The van der Waals surface area contributed by atoms with E-state index in [4.69, 9.17) is 14.2 Å². The molecule has 0 fully saturated rings. The summed E-state index contributed by atoms with van der Waals surface area (Å²) >= 11 is 0. The number of ether oxygens (including phenoxy) is 3. The largest absolute Gasteiger partial charge is 0.497 e. The van der Waals surface area contributed by atoms with Crippen molar-refractivity contribution in [1.29, 1.82) is 0 Å². The molecule has 5 nitrogen and oxygen atoms in total. The first-order valence-corrected chi connectivity index (χ1v) is 8.82. The van der Waals surface area contributed by atoms with Gasteiger partial charge >= 0.3 is 0 Å². The number of aliphatic hydroxyl groups is 1. The van der Waals surface area contributed by atoms with E-state index in [-0.39, 0.29) is 6.61 Å². The quantitative estimate of drug-likeness (QED) is 0.669. The molecule has 0 aliphatic carbocycles. The van der Waals surface area contributed by atoms with Crippen molar-refractivity contribution in [3.05, 3.63) is 59.7 Å². The standard InChI is InChI=1S/C21H29NO4/c1-17-4-6-18(7-5-17)14-22(12-13-24-2)15-19(23)16-26-21-10-8-20(25-3)9-11-21/h4-11,19,23H,12-16H2,1-3H3. The number of aliphatic hydroxyl groups excluding tert-OH is 1. The van der Waals surface area contributed by atoms with Gasteiger partial charge in [0.1, 0.15) is 24.2 Å². The van der Waals surface area contributed by atoms with Gasteiger partial charge in [0.15, 0.2) is 0 Å². The van der Waals surface area contributed by atoms with Crippen molar-refractivity contribution in [1.82, 2.24) is 4.90 Å². The zero-order valence-electron chi connectivity index (χ0n) is 15.9. The molecule has 1 N–H and O–H groups in total. The second kappa shape index (κ2) is 10.8. The Morgan fingerprint density at radius 3 is 2.23 bits per heavy atom. The number of hydrogen-bond donors (Lipinski definition) is 1. The van der Waals surface area contributed by atoms with E-state index in [0.29, 0.717) is 18.9 Å². The molecule has 2 aromatic carbocycles. The lowest BCUT2D eigenvalue weighted by atomic mass is 10.1. The SMILES string of the molecule is COCCN(Cc1ccc(C)cc1)CC(O)COc1ccc(OC)cc1. The Bertz CT molecular complexity index is 627. The zero-order valence-corrected chi connectivity index (χ0v) is 15.9. The van der Waals surface area contributed by atoms with Crippen LogP contribution in [0.15, 0.2) is 48.5 Å². The molecule has 0 aliphatic heterocycles. The second-order valence-electron chi connectivity index (χ2n) is 6.35. The van der Waals surface area contributed by atoms with Crippen LogP contribution in [0, 0.1) is 6.92 Å². The van der Waals surface area contributed by atoms with Crippen LogP contribution in [0.3, 0.4) is 0 Å². The molecule has 1 atom stereocenters. The number of nitrogens with zero attached hydrogens (tertiary/aromatic N) is 1. The lowest BCUT2D eigenvalue weighted by Crippen LogP contribution is -2.37. The topological polar surface area (TPSA) is 51.2 Å². The van der Waals surface area contributed by atoms with Gasteiger partial charge in [-0.2, -0.15) is 0 Å². The van der Waals surface area contributed by atoms with E-state index in [1.54, 1.807) is 14.2 Å². The molecule has 0 saturated heterocycles. The van der Waals surface area contributed by atoms with Crippen LogP contribution < -0.4 is 9.47 Å². The van der Waals surface area contributed by atoms with Crippen LogP contribution in [0.25, 0.3) is 0 Å². The summed E-state index contributed by atoms with van der Waals surface area (Å²) in [5.41, 5.74) is 2.46. The monoisotopic (exact) mass is 359 g/mol. The van der Waals surface area contributed by atoms with Crippen LogP contribution in [-0.4, -0.2) is 56.6 Å². The minimum absolute atomic E-state index is 0.240. The van der Waals surface area contributed by atoms with Crippen LogP contribution in [0.5, 0.6) is 11.5 Å². The van der Waals surface area contributed by atoms with Gasteiger partial charge in [0, 0.05) is 26.7 Å². The van der Waals surface area contributed by atoms with E-state index < -0.39 is 6.10 Å². The smallest absolute Gasteiger partial charge is 0.119 e. The van der Waals surface area contributed by atoms with Crippen molar-refractivity contribution >= 4 is 0 Å². The predicted octanol–water partition coefficient (Wildman–Crippen LogP) is 2.89. The molecule has 0 heterocycles. The van der Waals surface area contributed by atoms with Crippen molar-refractivity contribution in [3.63, 3.8) is 0 Å².